The lowest BCUT2D eigenvalue weighted by Gasteiger charge is -2.07. The zero-order valence-electron chi connectivity index (χ0n) is 8.91. The summed E-state index contributed by atoms with van der Waals surface area (Å²) < 4.78 is 3.43. The molecule has 5 nitrogen and oxygen atoms in total. The van der Waals surface area contributed by atoms with Gasteiger partial charge < -0.3 is 4.57 Å². The van der Waals surface area contributed by atoms with Crippen LogP contribution in [0.1, 0.15) is 0 Å². The summed E-state index contributed by atoms with van der Waals surface area (Å²) >= 11 is 3.12. The molecule has 0 spiro atoms. The van der Waals surface area contributed by atoms with Crippen LogP contribution in [0.15, 0.2) is 51.0 Å². The van der Waals surface area contributed by atoms with E-state index in [0.717, 1.165) is 0 Å². The highest BCUT2D eigenvalue weighted by atomic mass is 79.9. The highest BCUT2D eigenvalue weighted by Gasteiger charge is 2.01. The van der Waals surface area contributed by atoms with Gasteiger partial charge in [0.25, 0.3) is 11.1 Å². The molecule has 2 heterocycles. The van der Waals surface area contributed by atoms with Crippen molar-refractivity contribution in [1.29, 1.82) is 0 Å². The largest absolute Gasteiger partial charge is 0.314 e. The van der Waals surface area contributed by atoms with Gasteiger partial charge in [-0.1, -0.05) is 6.07 Å². The Hall–Kier alpha value is -1.69. The zero-order chi connectivity index (χ0) is 12.3. The number of halogens is 1. The molecule has 0 unspecified atom stereocenters. The molecule has 0 atom stereocenters. The summed E-state index contributed by atoms with van der Waals surface area (Å²) in [5, 5.41) is 0. The smallest absolute Gasteiger partial charge is 0.267 e. The number of hydrogen-bond acceptors (Lipinski definition) is 3. The van der Waals surface area contributed by atoms with Gasteiger partial charge in [0.15, 0.2) is 0 Å². The van der Waals surface area contributed by atoms with Crippen molar-refractivity contribution >= 4 is 15.9 Å². The summed E-state index contributed by atoms with van der Waals surface area (Å²) in [5.74, 6) is 0. The fourth-order valence-corrected chi connectivity index (χ4v) is 1.79. The van der Waals surface area contributed by atoms with Crippen molar-refractivity contribution in [1.82, 2.24) is 14.1 Å². The Balaban J connectivity index is 2.19. The summed E-state index contributed by atoms with van der Waals surface area (Å²) in [7, 11) is 0. The molecule has 2 aromatic rings. The van der Waals surface area contributed by atoms with E-state index in [2.05, 4.69) is 20.9 Å². The van der Waals surface area contributed by atoms with Crippen molar-refractivity contribution < 1.29 is 0 Å². The summed E-state index contributed by atoms with van der Waals surface area (Å²) in [6.07, 6.45) is 4.60. The highest BCUT2D eigenvalue weighted by molar-refractivity contribution is 9.10. The van der Waals surface area contributed by atoms with Crippen LogP contribution >= 0.6 is 15.9 Å². The highest BCUT2D eigenvalue weighted by Crippen LogP contribution is 1.98. The average molecular weight is 296 g/mol. The fourth-order valence-electron chi connectivity index (χ4n) is 1.44. The first-order valence-electron chi connectivity index (χ1n) is 5.04. The SMILES string of the molecule is O=c1ccccn1CCn1cncc(Br)c1=O. The van der Waals surface area contributed by atoms with Gasteiger partial charge in [-0.05, 0) is 22.0 Å². The number of pyridine rings is 1. The van der Waals surface area contributed by atoms with E-state index in [4.69, 9.17) is 0 Å². The van der Waals surface area contributed by atoms with Crippen LogP contribution in [-0.2, 0) is 13.1 Å². The number of rotatable bonds is 3. The van der Waals surface area contributed by atoms with Gasteiger partial charge in [-0.15, -0.1) is 0 Å². The van der Waals surface area contributed by atoms with Gasteiger partial charge in [0.1, 0.15) is 4.47 Å². The van der Waals surface area contributed by atoms with Crippen LogP contribution in [0.25, 0.3) is 0 Å². The van der Waals surface area contributed by atoms with Crippen molar-refractivity contribution in [2.24, 2.45) is 0 Å². The first-order valence-corrected chi connectivity index (χ1v) is 5.83. The van der Waals surface area contributed by atoms with Gasteiger partial charge in [-0.25, -0.2) is 4.98 Å². The monoisotopic (exact) mass is 295 g/mol. The number of hydrogen-bond donors (Lipinski definition) is 0. The Morgan fingerprint density at radius 2 is 1.94 bits per heavy atom. The van der Waals surface area contributed by atoms with Crippen LogP contribution in [0, 0.1) is 0 Å². The Kier molecular flexibility index (Phi) is 3.53. The summed E-state index contributed by atoms with van der Waals surface area (Å²) in [6, 6.07) is 4.96. The van der Waals surface area contributed by atoms with Crippen molar-refractivity contribution in [3.63, 3.8) is 0 Å². The number of nitrogens with zero attached hydrogens (tertiary/aromatic N) is 3. The summed E-state index contributed by atoms with van der Waals surface area (Å²) in [4.78, 5) is 27.0. The fraction of sp³-hybridized carbons (Fsp3) is 0.182. The molecule has 0 aliphatic rings. The Morgan fingerprint density at radius 3 is 2.71 bits per heavy atom. The lowest BCUT2D eigenvalue weighted by molar-refractivity contribution is 0.545. The minimum atomic E-state index is -0.149. The van der Waals surface area contributed by atoms with E-state index < -0.39 is 0 Å². The van der Waals surface area contributed by atoms with Gasteiger partial charge >= 0.3 is 0 Å². The summed E-state index contributed by atoms with van der Waals surface area (Å²) in [5.41, 5.74) is -0.229. The molecule has 0 saturated heterocycles. The van der Waals surface area contributed by atoms with E-state index in [9.17, 15) is 9.59 Å². The van der Waals surface area contributed by atoms with Crippen molar-refractivity contribution in [2.75, 3.05) is 0 Å². The van der Waals surface area contributed by atoms with Crippen LogP contribution < -0.4 is 11.1 Å². The lowest BCUT2D eigenvalue weighted by Crippen LogP contribution is -2.26. The second kappa shape index (κ2) is 5.09. The van der Waals surface area contributed by atoms with E-state index >= 15 is 0 Å². The molecule has 0 N–H and O–H groups in total. The zero-order valence-corrected chi connectivity index (χ0v) is 10.5. The molecular weight excluding hydrogens is 286 g/mol. The molecule has 0 fully saturated rings. The third-order valence-corrected chi connectivity index (χ3v) is 2.88. The van der Waals surface area contributed by atoms with Gasteiger partial charge in [0.2, 0.25) is 0 Å². The minimum absolute atomic E-state index is 0.0801. The molecule has 0 aromatic carbocycles. The standard InChI is InChI=1S/C11H10BrN3O2/c12-9-7-13-8-15(11(9)17)6-5-14-4-2-1-3-10(14)16/h1-4,7-8H,5-6H2. The lowest BCUT2D eigenvalue weighted by atomic mass is 10.4. The maximum Gasteiger partial charge on any atom is 0.267 e. The van der Waals surface area contributed by atoms with E-state index in [1.807, 2.05) is 0 Å². The molecule has 6 heteroatoms. The molecular formula is C11H10BrN3O2. The van der Waals surface area contributed by atoms with E-state index in [1.54, 1.807) is 22.9 Å². The number of aromatic nitrogens is 3. The Bertz CT molecular complexity index is 633. The van der Waals surface area contributed by atoms with E-state index in [1.165, 1.54) is 23.2 Å². The molecule has 2 aromatic heterocycles. The topological polar surface area (TPSA) is 56.9 Å². The molecule has 17 heavy (non-hydrogen) atoms. The molecule has 0 aliphatic carbocycles. The predicted octanol–water partition coefficient (Wildman–Crippen LogP) is 0.868. The van der Waals surface area contributed by atoms with Crippen LogP contribution in [0.2, 0.25) is 0 Å². The van der Waals surface area contributed by atoms with Crippen LogP contribution in [0.3, 0.4) is 0 Å². The van der Waals surface area contributed by atoms with E-state index in [-0.39, 0.29) is 11.1 Å². The predicted molar refractivity (Wildman–Crippen MR) is 66.9 cm³/mol. The quantitative estimate of drug-likeness (QED) is 0.844. The third kappa shape index (κ3) is 2.71. The van der Waals surface area contributed by atoms with E-state index in [0.29, 0.717) is 17.6 Å². The second-order valence-corrected chi connectivity index (χ2v) is 4.33. The van der Waals surface area contributed by atoms with Crippen molar-refractivity contribution in [3.05, 3.63) is 62.1 Å². The molecule has 0 radical (unpaired) electrons. The second-order valence-electron chi connectivity index (χ2n) is 3.47. The van der Waals surface area contributed by atoms with Crippen LogP contribution in [0.4, 0.5) is 0 Å². The maximum atomic E-state index is 11.7. The molecule has 0 amide bonds. The molecule has 0 aliphatic heterocycles. The summed E-state index contributed by atoms with van der Waals surface area (Å²) in [6.45, 7) is 0.854. The van der Waals surface area contributed by atoms with Crippen LogP contribution in [0.5, 0.6) is 0 Å². The maximum absolute atomic E-state index is 11.7. The Labute approximate surface area is 105 Å². The number of aryl methyl sites for hydroxylation is 2. The van der Waals surface area contributed by atoms with Crippen LogP contribution in [-0.4, -0.2) is 14.1 Å². The molecule has 88 valence electrons. The van der Waals surface area contributed by atoms with Gasteiger partial charge in [-0.3, -0.25) is 14.2 Å². The molecule has 2 rings (SSSR count). The van der Waals surface area contributed by atoms with Crippen molar-refractivity contribution in [3.8, 4) is 0 Å². The average Bonchev–Trinajstić information content (AvgIpc) is 2.33. The third-order valence-electron chi connectivity index (χ3n) is 2.34. The first-order chi connectivity index (χ1) is 8.18. The van der Waals surface area contributed by atoms with Gasteiger partial charge in [-0.2, -0.15) is 0 Å². The molecule has 0 bridgehead atoms. The van der Waals surface area contributed by atoms with Gasteiger partial charge in [0.05, 0.1) is 6.33 Å². The first kappa shape index (κ1) is 11.8. The Morgan fingerprint density at radius 1 is 1.18 bits per heavy atom. The van der Waals surface area contributed by atoms with Crippen molar-refractivity contribution in [2.45, 2.75) is 13.1 Å². The minimum Gasteiger partial charge on any atom is -0.314 e. The molecule has 0 saturated carbocycles. The normalized spacial score (nSPS) is 10.4. The van der Waals surface area contributed by atoms with Gasteiger partial charge in [0, 0.05) is 31.5 Å².